The second kappa shape index (κ2) is 2.69. The molecule has 0 aliphatic carbocycles. The van der Waals surface area contributed by atoms with Crippen LogP contribution in [-0.4, -0.2) is 21.4 Å². The van der Waals surface area contributed by atoms with Crippen LogP contribution in [0.5, 0.6) is 6.01 Å². The third-order valence-corrected chi connectivity index (χ3v) is 1.03. The average Bonchev–Trinajstić information content (AvgIpc) is 2.18. The first-order valence-corrected chi connectivity index (χ1v) is 2.67. The van der Waals surface area contributed by atoms with Gasteiger partial charge in [0.15, 0.2) is 0 Å². The topological polar surface area (TPSA) is 59.9 Å². The van der Waals surface area contributed by atoms with Crippen LogP contribution in [0.4, 0.5) is 8.78 Å². The lowest BCUT2D eigenvalue weighted by atomic mass is 11.0. The molecule has 0 atom stereocenters. The van der Waals surface area contributed by atoms with Crippen molar-refractivity contribution in [2.24, 2.45) is 7.05 Å². The van der Waals surface area contributed by atoms with Gasteiger partial charge in [-0.05, 0) is 0 Å². The number of H-pyrrole nitrogens is 1. The summed E-state index contributed by atoms with van der Waals surface area (Å²) in [6, 6.07) is -0.426. The fourth-order valence-electron chi connectivity index (χ4n) is 0.518. The molecule has 11 heavy (non-hydrogen) atoms. The van der Waals surface area contributed by atoms with E-state index >= 15 is 0 Å². The second-order valence-corrected chi connectivity index (χ2v) is 1.75. The summed E-state index contributed by atoms with van der Waals surface area (Å²) < 4.78 is 27.7. The van der Waals surface area contributed by atoms with E-state index in [9.17, 15) is 13.6 Å². The molecule has 0 unspecified atom stereocenters. The van der Waals surface area contributed by atoms with Crippen molar-refractivity contribution in [3.8, 4) is 6.01 Å². The van der Waals surface area contributed by atoms with Crippen molar-refractivity contribution >= 4 is 0 Å². The summed E-state index contributed by atoms with van der Waals surface area (Å²) in [7, 11) is 1.27. The lowest BCUT2D eigenvalue weighted by Crippen LogP contribution is -2.15. The van der Waals surface area contributed by atoms with Crippen molar-refractivity contribution in [2.75, 3.05) is 0 Å². The van der Waals surface area contributed by atoms with Gasteiger partial charge in [-0.1, -0.05) is 0 Å². The van der Waals surface area contributed by atoms with Crippen LogP contribution in [0.25, 0.3) is 0 Å². The van der Waals surface area contributed by atoms with E-state index in [-0.39, 0.29) is 0 Å². The van der Waals surface area contributed by atoms with Crippen LogP contribution in [0, 0.1) is 0 Å². The Labute approximate surface area is 59.6 Å². The number of aromatic amines is 1. The molecule has 62 valence electrons. The molecule has 1 rings (SSSR count). The molecule has 0 bridgehead atoms. The lowest BCUT2D eigenvalue weighted by molar-refractivity contribution is -0.0581. The van der Waals surface area contributed by atoms with Gasteiger partial charge in [0.25, 0.3) is 0 Å². The van der Waals surface area contributed by atoms with Crippen LogP contribution in [0.1, 0.15) is 0 Å². The van der Waals surface area contributed by atoms with Gasteiger partial charge in [-0.3, -0.25) is 0 Å². The Bertz CT molecular complexity index is 292. The first-order valence-electron chi connectivity index (χ1n) is 2.67. The molecule has 0 aliphatic heterocycles. The summed E-state index contributed by atoms with van der Waals surface area (Å²) in [4.78, 5) is 10.5. The highest BCUT2D eigenvalue weighted by atomic mass is 19.3. The van der Waals surface area contributed by atoms with E-state index in [0.29, 0.717) is 0 Å². The van der Waals surface area contributed by atoms with Gasteiger partial charge in [0.1, 0.15) is 0 Å². The summed E-state index contributed by atoms with van der Waals surface area (Å²) >= 11 is 0. The predicted molar refractivity (Wildman–Crippen MR) is 30.5 cm³/mol. The van der Waals surface area contributed by atoms with Crippen molar-refractivity contribution in [3.63, 3.8) is 0 Å². The van der Waals surface area contributed by atoms with Gasteiger partial charge in [-0.2, -0.15) is 8.78 Å². The van der Waals surface area contributed by atoms with E-state index in [1.165, 1.54) is 7.05 Å². The monoisotopic (exact) mass is 165 g/mol. The average molecular weight is 165 g/mol. The third kappa shape index (κ3) is 1.54. The maximum absolute atomic E-state index is 11.5. The molecule has 0 saturated heterocycles. The van der Waals surface area contributed by atoms with Gasteiger partial charge in [0, 0.05) is 7.05 Å². The van der Waals surface area contributed by atoms with Gasteiger partial charge >= 0.3 is 18.3 Å². The van der Waals surface area contributed by atoms with E-state index in [4.69, 9.17) is 0 Å². The largest absolute Gasteiger partial charge is 0.401 e. The highest BCUT2D eigenvalue weighted by molar-refractivity contribution is 4.90. The smallest absolute Gasteiger partial charge is 0.389 e. The number of alkyl halides is 2. The van der Waals surface area contributed by atoms with E-state index in [1.807, 2.05) is 5.10 Å². The molecular formula is C4H5F2N3O2. The van der Waals surface area contributed by atoms with Crippen molar-refractivity contribution in [2.45, 2.75) is 6.61 Å². The summed E-state index contributed by atoms with van der Waals surface area (Å²) in [6.45, 7) is -2.97. The zero-order chi connectivity index (χ0) is 8.43. The minimum Gasteiger partial charge on any atom is -0.401 e. The SMILES string of the molecule is Cn1c(OC(F)F)n[nH]c1=O. The molecule has 5 nitrogen and oxygen atoms in total. The number of rotatable bonds is 2. The van der Waals surface area contributed by atoms with Crippen LogP contribution in [0.15, 0.2) is 4.79 Å². The van der Waals surface area contributed by atoms with Crippen LogP contribution in [0.3, 0.4) is 0 Å². The van der Waals surface area contributed by atoms with Gasteiger partial charge in [0.05, 0.1) is 0 Å². The Hall–Kier alpha value is -1.40. The highest BCUT2D eigenvalue weighted by Crippen LogP contribution is 2.03. The molecule has 0 saturated carbocycles. The summed E-state index contributed by atoms with van der Waals surface area (Å²) in [5, 5.41) is 5.12. The van der Waals surface area contributed by atoms with Crippen LogP contribution in [-0.2, 0) is 7.05 Å². The third-order valence-electron chi connectivity index (χ3n) is 1.03. The molecule has 0 amide bonds. The van der Waals surface area contributed by atoms with E-state index in [0.717, 1.165) is 4.57 Å². The number of ether oxygens (including phenoxy) is 1. The molecule has 1 aromatic rings. The molecule has 0 fully saturated rings. The van der Waals surface area contributed by atoms with Crippen LogP contribution < -0.4 is 10.4 Å². The number of nitrogens with one attached hydrogen (secondary N) is 1. The zero-order valence-corrected chi connectivity index (χ0v) is 5.54. The maximum Gasteiger partial charge on any atom is 0.389 e. The minimum atomic E-state index is -2.97. The Balaban J connectivity index is 2.87. The fraction of sp³-hybridized carbons (Fsp3) is 0.500. The minimum absolute atomic E-state index is 0.426. The lowest BCUT2D eigenvalue weighted by Gasteiger charge is -1.99. The van der Waals surface area contributed by atoms with Crippen molar-refractivity contribution in [1.82, 2.24) is 14.8 Å². The molecule has 7 heteroatoms. The molecule has 0 aliphatic rings. The van der Waals surface area contributed by atoms with Gasteiger partial charge in [-0.15, -0.1) is 5.10 Å². The van der Waals surface area contributed by atoms with Gasteiger partial charge < -0.3 is 4.74 Å². The van der Waals surface area contributed by atoms with E-state index < -0.39 is 18.3 Å². The maximum atomic E-state index is 11.5. The number of nitrogens with zero attached hydrogens (tertiary/aromatic N) is 2. The number of hydrogen-bond donors (Lipinski definition) is 1. The molecule has 0 aromatic carbocycles. The van der Waals surface area contributed by atoms with Crippen LogP contribution in [0.2, 0.25) is 0 Å². The molecule has 1 heterocycles. The Morgan fingerprint density at radius 2 is 2.36 bits per heavy atom. The molecule has 1 aromatic heterocycles. The first kappa shape index (κ1) is 7.70. The van der Waals surface area contributed by atoms with Crippen molar-refractivity contribution < 1.29 is 13.5 Å². The molecule has 0 radical (unpaired) electrons. The van der Waals surface area contributed by atoms with E-state index in [2.05, 4.69) is 9.84 Å². The summed E-state index contributed by atoms with van der Waals surface area (Å²) in [5.41, 5.74) is -0.597. The molecule has 0 spiro atoms. The number of hydrogen-bond acceptors (Lipinski definition) is 3. The van der Waals surface area contributed by atoms with Crippen LogP contribution >= 0.6 is 0 Å². The normalized spacial score (nSPS) is 10.5. The summed E-state index contributed by atoms with van der Waals surface area (Å²) in [5.74, 6) is 0. The quantitative estimate of drug-likeness (QED) is 0.655. The van der Waals surface area contributed by atoms with Gasteiger partial charge in [-0.25, -0.2) is 14.5 Å². The van der Waals surface area contributed by atoms with Gasteiger partial charge in [0.2, 0.25) is 0 Å². The van der Waals surface area contributed by atoms with Crippen molar-refractivity contribution in [1.29, 1.82) is 0 Å². The number of aromatic nitrogens is 3. The second-order valence-electron chi connectivity index (χ2n) is 1.75. The Morgan fingerprint density at radius 3 is 2.73 bits per heavy atom. The predicted octanol–water partition coefficient (Wildman–Crippen LogP) is -0.290. The summed E-state index contributed by atoms with van der Waals surface area (Å²) in [6.07, 6.45) is 0. The Morgan fingerprint density at radius 1 is 1.73 bits per heavy atom. The fourth-order valence-corrected chi connectivity index (χ4v) is 0.518. The standard InChI is InChI=1S/C4H5F2N3O2/c1-9-3(10)7-8-4(9)11-2(5)6/h2H,1H3,(H,7,10). The Kier molecular flexibility index (Phi) is 1.88. The van der Waals surface area contributed by atoms with Crippen molar-refractivity contribution in [3.05, 3.63) is 10.5 Å². The zero-order valence-electron chi connectivity index (χ0n) is 5.54. The van der Waals surface area contributed by atoms with E-state index in [1.54, 1.807) is 0 Å². The molecule has 1 N–H and O–H groups in total. The first-order chi connectivity index (χ1) is 5.11. The number of halogens is 2. The molecular weight excluding hydrogens is 160 g/mol. The highest BCUT2D eigenvalue weighted by Gasteiger charge is 2.10.